The van der Waals surface area contributed by atoms with E-state index in [1.807, 2.05) is 6.07 Å². The molecule has 0 aromatic heterocycles. The molecule has 2 aromatic rings. The molecular formula is C18H21ClN2O. The molecule has 22 heavy (non-hydrogen) atoms. The van der Waals surface area contributed by atoms with Gasteiger partial charge in [0.1, 0.15) is 0 Å². The summed E-state index contributed by atoms with van der Waals surface area (Å²) in [6.07, 6.45) is 0.825. The minimum absolute atomic E-state index is 0.0153. The Morgan fingerprint density at radius 2 is 1.91 bits per heavy atom. The molecule has 2 N–H and O–H groups in total. The Morgan fingerprint density at radius 1 is 1.14 bits per heavy atom. The van der Waals surface area contributed by atoms with Crippen LogP contribution >= 0.6 is 11.6 Å². The molecule has 116 valence electrons. The third-order valence-electron chi connectivity index (χ3n) is 3.73. The highest BCUT2D eigenvalue weighted by Gasteiger charge is 2.13. The maximum atomic E-state index is 12.2. The van der Waals surface area contributed by atoms with Gasteiger partial charge in [-0.2, -0.15) is 0 Å². The number of halogens is 1. The summed E-state index contributed by atoms with van der Waals surface area (Å²) in [7, 11) is 0. The fourth-order valence-corrected chi connectivity index (χ4v) is 2.48. The van der Waals surface area contributed by atoms with Crippen LogP contribution in [0.25, 0.3) is 0 Å². The van der Waals surface area contributed by atoms with Gasteiger partial charge < -0.3 is 10.6 Å². The highest BCUT2D eigenvalue weighted by Crippen LogP contribution is 2.20. The van der Waals surface area contributed by atoms with Gasteiger partial charge in [0.05, 0.1) is 6.04 Å². The summed E-state index contributed by atoms with van der Waals surface area (Å²) in [5.41, 5.74) is 4.28. The Bertz CT molecular complexity index is 670. The highest BCUT2D eigenvalue weighted by molar-refractivity contribution is 6.30. The van der Waals surface area contributed by atoms with Crippen molar-refractivity contribution < 1.29 is 4.79 Å². The van der Waals surface area contributed by atoms with Crippen molar-refractivity contribution in [1.82, 2.24) is 5.32 Å². The Labute approximate surface area is 136 Å². The van der Waals surface area contributed by atoms with Gasteiger partial charge in [0, 0.05) is 10.7 Å². The first-order valence-electron chi connectivity index (χ1n) is 7.40. The molecule has 4 heteroatoms. The Balaban J connectivity index is 2.06. The Morgan fingerprint density at radius 3 is 2.55 bits per heavy atom. The van der Waals surface area contributed by atoms with Gasteiger partial charge in [-0.15, -0.1) is 0 Å². The third-order valence-corrected chi connectivity index (χ3v) is 3.96. The Kier molecular flexibility index (Phi) is 5.45. The topological polar surface area (TPSA) is 41.1 Å². The first-order chi connectivity index (χ1) is 10.5. The lowest BCUT2D eigenvalue weighted by molar-refractivity contribution is 0.248. The second-order valence-corrected chi connectivity index (χ2v) is 5.85. The van der Waals surface area contributed by atoms with Gasteiger partial charge in [-0.25, -0.2) is 4.79 Å². The molecule has 0 aliphatic heterocycles. The van der Waals surface area contributed by atoms with Gasteiger partial charge >= 0.3 is 6.03 Å². The van der Waals surface area contributed by atoms with Crippen molar-refractivity contribution in [3.05, 3.63) is 64.2 Å². The van der Waals surface area contributed by atoms with E-state index in [-0.39, 0.29) is 12.1 Å². The molecule has 0 bridgehead atoms. The first-order valence-corrected chi connectivity index (χ1v) is 7.77. The van der Waals surface area contributed by atoms with E-state index in [2.05, 4.69) is 49.6 Å². The summed E-state index contributed by atoms with van der Waals surface area (Å²) in [4.78, 5) is 12.2. The van der Waals surface area contributed by atoms with E-state index in [1.54, 1.807) is 18.2 Å². The van der Waals surface area contributed by atoms with Gasteiger partial charge in [0.2, 0.25) is 0 Å². The summed E-state index contributed by atoms with van der Waals surface area (Å²) in [6.45, 7) is 6.22. The number of amides is 2. The number of rotatable bonds is 4. The van der Waals surface area contributed by atoms with Gasteiger partial charge in [-0.3, -0.25) is 0 Å². The normalized spacial score (nSPS) is 11.8. The van der Waals surface area contributed by atoms with Crippen LogP contribution in [0.15, 0.2) is 42.5 Å². The lowest BCUT2D eigenvalue weighted by Crippen LogP contribution is -2.32. The summed E-state index contributed by atoms with van der Waals surface area (Å²) in [6, 6.07) is 13.1. The van der Waals surface area contributed by atoms with Crippen LogP contribution in [0, 0.1) is 13.8 Å². The number of urea groups is 1. The maximum absolute atomic E-state index is 12.2. The number of hydrogen-bond acceptors (Lipinski definition) is 1. The molecule has 3 nitrogen and oxygen atoms in total. The van der Waals surface area contributed by atoms with Crippen molar-refractivity contribution >= 4 is 23.3 Å². The summed E-state index contributed by atoms with van der Waals surface area (Å²) in [5.74, 6) is 0. The molecular weight excluding hydrogens is 296 g/mol. The highest BCUT2D eigenvalue weighted by atomic mass is 35.5. The van der Waals surface area contributed by atoms with E-state index in [0.717, 1.165) is 12.0 Å². The number of aryl methyl sites for hydroxylation is 2. The summed E-state index contributed by atoms with van der Waals surface area (Å²) >= 11 is 5.92. The smallest absolute Gasteiger partial charge is 0.319 e. The minimum atomic E-state index is -0.229. The van der Waals surface area contributed by atoms with Crippen LogP contribution in [0.4, 0.5) is 10.5 Å². The number of carbonyl (C=O) groups is 1. The lowest BCUT2D eigenvalue weighted by atomic mass is 9.99. The monoisotopic (exact) mass is 316 g/mol. The van der Waals surface area contributed by atoms with Crippen molar-refractivity contribution in [2.24, 2.45) is 0 Å². The quantitative estimate of drug-likeness (QED) is 0.796. The van der Waals surface area contributed by atoms with E-state index in [9.17, 15) is 4.79 Å². The molecule has 0 heterocycles. The summed E-state index contributed by atoms with van der Waals surface area (Å²) in [5, 5.41) is 6.41. The zero-order valence-electron chi connectivity index (χ0n) is 13.1. The van der Waals surface area contributed by atoms with Crippen LogP contribution in [0.5, 0.6) is 0 Å². The van der Waals surface area contributed by atoms with Crippen LogP contribution in [0.3, 0.4) is 0 Å². The number of hydrogen-bond donors (Lipinski definition) is 2. The van der Waals surface area contributed by atoms with Crippen molar-refractivity contribution in [2.45, 2.75) is 33.2 Å². The lowest BCUT2D eigenvalue weighted by Gasteiger charge is -2.19. The van der Waals surface area contributed by atoms with Crippen molar-refractivity contribution in [3.63, 3.8) is 0 Å². The van der Waals surface area contributed by atoms with Gasteiger partial charge in [0.25, 0.3) is 0 Å². The molecule has 0 fully saturated rings. The largest absolute Gasteiger partial charge is 0.331 e. The zero-order valence-corrected chi connectivity index (χ0v) is 13.9. The van der Waals surface area contributed by atoms with Crippen molar-refractivity contribution in [3.8, 4) is 0 Å². The molecule has 2 rings (SSSR count). The average Bonchev–Trinajstić information content (AvgIpc) is 2.48. The van der Waals surface area contributed by atoms with Crippen LogP contribution < -0.4 is 10.6 Å². The third kappa shape index (κ3) is 4.25. The van der Waals surface area contributed by atoms with Crippen LogP contribution in [-0.2, 0) is 0 Å². The van der Waals surface area contributed by atoms with E-state index < -0.39 is 0 Å². The molecule has 0 aliphatic carbocycles. The molecule has 0 saturated heterocycles. The van der Waals surface area contributed by atoms with E-state index in [0.29, 0.717) is 10.7 Å². The second kappa shape index (κ2) is 7.32. The molecule has 2 amide bonds. The number of anilines is 1. The first kappa shape index (κ1) is 16.4. The number of nitrogens with one attached hydrogen (secondary N) is 2. The van der Waals surface area contributed by atoms with Gasteiger partial charge in [-0.1, -0.05) is 42.8 Å². The van der Waals surface area contributed by atoms with Crippen LogP contribution in [0.1, 0.15) is 36.1 Å². The molecule has 0 radical (unpaired) electrons. The van der Waals surface area contributed by atoms with E-state index in [1.165, 1.54) is 11.1 Å². The average molecular weight is 317 g/mol. The second-order valence-electron chi connectivity index (χ2n) is 5.41. The SMILES string of the molecule is CC[C@H](NC(=O)Nc1cccc(Cl)c1)c1ccc(C)c(C)c1. The summed E-state index contributed by atoms with van der Waals surface area (Å²) < 4.78 is 0. The van der Waals surface area contributed by atoms with Crippen LogP contribution in [-0.4, -0.2) is 6.03 Å². The Hall–Kier alpha value is -2.00. The van der Waals surface area contributed by atoms with E-state index >= 15 is 0 Å². The number of benzene rings is 2. The fourth-order valence-electron chi connectivity index (χ4n) is 2.29. The van der Waals surface area contributed by atoms with E-state index in [4.69, 9.17) is 11.6 Å². The maximum Gasteiger partial charge on any atom is 0.319 e. The predicted molar refractivity (Wildman–Crippen MR) is 92.6 cm³/mol. The van der Waals surface area contributed by atoms with Crippen molar-refractivity contribution in [1.29, 1.82) is 0 Å². The van der Waals surface area contributed by atoms with Gasteiger partial charge in [-0.05, 0) is 55.2 Å². The number of carbonyl (C=O) groups excluding carboxylic acids is 1. The molecule has 0 aliphatic rings. The fraction of sp³-hybridized carbons (Fsp3) is 0.278. The minimum Gasteiger partial charge on any atom is -0.331 e. The molecule has 1 atom stereocenters. The van der Waals surface area contributed by atoms with Gasteiger partial charge in [0.15, 0.2) is 0 Å². The standard InChI is InChI=1S/C18H21ClN2O/c1-4-17(14-9-8-12(2)13(3)10-14)21-18(22)20-16-7-5-6-15(19)11-16/h5-11,17H,4H2,1-3H3,(H2,20,21,22)/t17-/m0/s1. The van der Waals surface area contributed by atoms with Crippen LogP contribution in [0.2, 0.25) is 5.02 Å². The molecule has 2 aromatic carbocycles. The van der Waals surface area contributed by atoms with Crippen molar-refractivity contribution in [2.75, 3.05) is 5.32 Å². The zero-order chi connectivity index (χ0) is 16.1. The molecule has 0 saturated carbocycles. The predicted octanol–water partition coefficient (Wildman–Crippen LogP) is 5.23. The molecule has 0 unspecified atom stereocenters. The molecule has 0 spiro atoms.